The van der Waals surface area contributed by atoms with Gasteiger partial charge in [-0.15, -0.1) is 0 Å². The van der Waals surface area contributed by atoms with Crippen molar-refractivity contribution in [2.24, 2.45) is 0 Å². The molecule has 0 radical (unpaired) electrons. The van der Waals surface area contributed by atoms with Crippen molar-refractivity contribution in [3.8, 4) is 0 Å². The van der Waals surface area contributed by atoms with Crippen molar-refractivity contribution in [2.75, 3.05) is 0 Å². The van der Waals surface area contributed by atoms with Crippen LogP contribution in [0, 0.1) is 41.5 Å². The molecule has 0 saturated heterocycles. The van der Waals surface area contributed by atoms with Gasteiger partial charge in [0.05, 0.1) is 34.2 Å². The first-order chi connectivity index (χ1) is 18.7. The Bertz CT molecular complexity index is 1290. The molecule has 6 aromatic heterocycles. The first kappa shape index (κ1) is 31.1. The second-order valence-electron chi connectivity index (χ2n) is 10.4. The number of aromatic nitrogens is 12. The molecule has 0 saturated carbocycles. The molecule has 0 bridgehead atoms. The van der Waals surface area contributed by atoms with E-state index in [1.807, 2.05) is 143 Å². The van der Waals surface area contributed by atoms with Crippen LogP contribution < -0.4 is 0 Å². The predicted octanol–water partition coefficient (Wildman–Crippen LogP) is 0.272. The molecular formula is C24H36B3N12Y. The fraction of sp³-hybridized carbons (Fsp3) is 0.250. The molecule has 204 valence electrons. The number of aryl methyl sites for hydroxylation is 6. The van der Waals surface area contributed by atoms with Gasteiger partial charge in [-0.05, 0) is 115 Å². The third-order valence-electron chi connectivity index (χ3n) is 6.31. The van der Waals surface area contributed by atoms with Crippen LogP contribution in [0.4, 0.5) is 0 Å². The summed E-state index contributed by atoms with van der Waals surface area (Å²) in [5.41, 5.74) is 6.38. The molecule has 40 heavy (non-hydrogen) atoms. The molecule has 0 aliphatic carbocycles. The summed E-state index contributed by atoms with van der Waals surface area (Å²) in [5.74, 6) is 0. The standard InChI is InChI=1S/3C8H12BN4.Y/c3*1-7-3-5-12(10-7)9-13-6-4-8(2)11-13;/h3*3-6H,9H2,1-2H3;/q3*-1;+3. The summed E-state index contributed by atoms with van der Waals surface area (Å²) in [6.07, 6.45) is 12.0. The molecule has 0 spiro atoms. The summed E-state index contributed by atoms with van der Waals surface area (Å²) in [6, 6.07) is 12.1. The van der Waals surface area contributed by atoms with Crippen LogP contribution in [0.2, 0.25) is 0 Å². The number of nitrogens with zero attached hydrogens (tertiary/aromatic N) is 12. The summed E-state index contributed by atoms with van der Waals surface area (Å²) in [6.45, 7) is 12.0. The maximum atomic E-state index is 4.33. The van der Waals surface area contributed by atoms with Crippen LogP contribution in [-0.2, 0) is 32.7 Å². The van der Waals surface area contributed by atoms with Gasteiger partial charge in [-0.2, -0.15) is 0 Å². The van der Waals surface area contributed by atoms with E-state index in [0.29, 0.717) is 0 Å². The van der Waals surface area contributed by atoms with Crippen molar-refractivity contribution in [3.63, 3.8) is 0 Å². The van der Waals surface area contributed by atoms with E-state index in [0.717, 1.165) is 34.2 Å². The molecule has 0 aliphatic heterocycles. The third-order valence-corrected chi connectivity index (χ3v) is 6.31. The van der Waals surface area contributed by atoms with E-state index in [1.165, 1.54) is 0 Å². The molecule has 0 unspecified atom stereocenters. The fourth-order valence-corrected chi connectivity index (χ4v) is 4.49. The van der Waals surface area contributed by atoms with Gasteiger partial charge in [-0.1, -0.05) is 0 Å². The van der Waals surface area contributed by atoms with Gasteiger partial charge in [0.1, 0.15) is 0 Å². The Kier molecular flexibility index (Phi) is 11.5. The predicted molar refractivity (Wildman–Crippen MR) is 160 cm³/mol. The van der Waals surface area contributed by atoms with Gasteiger partial charge in [0.15, 0.2) is 22.6 Å². The molecule has 0 aromatic carbocycles. The number of hydrogen-bond donors (Lipinski definition) is 0. The van der Waals surface area contributed by atoms with Gasteiger partial charge in [0.25, 0.3) is 0 Å². The Balaban J connectivity index is 0.000000163. The summed E-state index contributed by atoms with van der Waals surface area (Å²) < 4.78 is 11.9. The van der Waals surface area contributed by atoms with E-state index in [-0.39, 0.29) is 32.7 Å². The molecule has 6 heterocycles. The van der Waals surface area contributed by atoms with Gasteiger partial charge in [-0.25, -0.2) is 30.6 Å². The largest absolute Gasteiger partial charge is 3.00 e. The van der Waals surface area contributed by atoms with E-state index < -0.39 is 22.6 Å². The Hall–Kier alpha value is -3.44. The van der Waals surface area contributed by atoms with Crippen LogP contribution in [0.25, 0.3) is 0 Å². The Morgan fingerprint density at radius 2 is 0.500 bits per heavy atom. The van der Waals surface area contributed by atoms with Crippen molar-refractivity contribution >= 4 is 22.6 Å². The van der Waals surface area contributed by atoms with Crippen molar-refractivity contribution in [1.29, 1.82) is 0 Å². The second kappa shape index (κ2) is 14.8. The molecule has 0 aliphatic rings. The van der Waals surface area contributed by atoms with E-state index in [4.69, 9.17) is 0 Å². The Morgan fingerprint density at radius 1 is 0.350 bits per heavy atom. The van der Waals surface area contributed by atoms with Gasteiger partial charge < -0.3 is 27.6 Å². The zero-order chi connectivity index (χ0) is 27.8. The number of hydrogen-bond acceptors (Lipinski definition) is 6. The summed E-state index contributed by atoms with van der Waals surface area (Å²) in [7, 11) is -1.37. The normalized spacial score (nSPS) is 10.3. The van der Waals surface area contributed by atoms with E-state index in [1.54, 1.807) is 0 Å². The number of rotatable bonds is 6. The van der Waals surface area contributed by atoms with Crippen molar-refractivity contribution in [1.82, 2.24) is 58.1 Å². The molecule has 6 aromatic rings. The third kappa shape index (κ3) is 9.94. The van der Waals surface area contributed by atoms with Crippen LogP contribution in [0.1, 0.15) is 34.2 Å². The van der Waals surface area contributed by atoms with Crippen molar-refractivity contribution < 1.29 is 32.7 Å². The molecule has 6 rings (SSSR count). The van der Waals surface area contributed by atoms with E-state index in [2.05, 4.69) is 30.6 Å². The molecule has 12 nitrogen and oxygen atoms in total. The minimum absolute atomic E-state index is 0. The van der Waals surface area contributed by atoms with Crippen LogP contribution in [-0.4, -0.2) is 80.8 Å². The maximum absolute atomic E-state index is 4.33. The van der Waals surface area contributed by atoms with Crippen LogP contribution in [0.15, 0.2) is 73.6 Å². The van der Waals surface area contributed by atoms with Gasteiger partial charge in [0.2, 0.25) is 0 Å². The SMILES string of the molecule is Cc1ccn([BH2-]n2ccc(C)n2)n1.Cc1ccn([BH2-]n2ccc(C)n2)n1.Cc1ccn([BH2-]n2ccc(C)n2)n1.[Y+3]. The molecular weight excluding hydrogens is 578 g/mol. The average molecular weight is 614 g/mol. The zero-order valence-electron chi connectivity index (χ0n) is 24.9. The molecule has 0 N–H and O–H groups in total. The van der Waals surface area contributed by atoms with Crippen LogP contribution in [0.5, 0.6) is 0 Å². The summed E-state index contributed by atoms with van der Waals surface area (Å²) in [5, 5.41) is 26.0. The topological polar surface area (TPSA) is 107 Å². The zero-order valence-corrected chi connectivity index (χ0v) is 27.7. The first-order valence-electron chi connectivity index (χ1n) is 13.5. The van der Waals surface area contributed by atoms with E-state index >= 15 is 0 Å². The van der Waals surface area contributed by atoms with Gasteiger partial charge in [0, 0.05) is 0 Å². The van der Waals surface area contributed by atoms with Crippen molar-refractivity contribution in [3.05, 3.63) is 108 Å². The quantitative estimate of drug-likeness (QED) is 0.250. The monoisotopic (exact) mass is 614 g/mol. The molecule has 0 amide bonds. The maximum Gasteiger partial charge on any atom is 3.00 e. The van der Waals surface area contributed by atoms with Crippen LogP contribution in [0.3, 0.4) is 0 Å². The first-order valence-corrected chi connectivity index (χ1v) is 13.5. The summed E-state index contributed by atoms with van der Waals surface area (Å²) in [4.78, 5) is 0. The summed E-state index contributed by atoms with van der Waals surface area (Å²) >= 11 is 0. The molecule has 0 atom stereocenters. The van der Waals surface area contributed by atoms with Gasteiger partial charge in [-0.3, -0.25) is 0 Å². The van der Waals surface area contributed by atoms with E-state index in [9.17, 15) is 0 Å². The minimum Gasteiger partial charge on any atom is -0.428 e. The molecule has 0 fully saturated rings. The fourth-order valence-electron chi connectivity index (χ4n) is 4.49. The van der Waals surface area contributed by atoms with Gasteiger partial charge >= 0.3 is 32.7 Å². The second-order valence-corrected chi connectivity index (χ2v) is 10.4. The van der Waals surface area contributed by atoms with Crippen molar-refractivity contribution in [2.45, 2.75) is 41.5 Å². The Morgan fingerprint density at radius 3 is 0.600 bits per heavy atom. The van der Waals surface area contributed by atoms with Crippen LogP contribution >= 0.6 is 0 Å². The smallest absolute Gasteiger partial charge is 0.428 e. The minimum atomic E-state index is -0.455. The average Bonchev–Trinajstić information content (AvgIpc) is 3.72. The molecule has 16 heteroatoms. The Labute approximate surface area is 261 Å².